The van der Waals surface area contributed by atoms with Crippen LogP contribution in [0.4, 0.5) is 4.39 Å². The SMILES string of the molecule is CS(=O)CCCNS(=O)(=O)c1ccc(Br)cc1F. The maximum atomic E-state index is 13.5. The smallest absolute Gasteiger partial charge is 0.243 e. The average molecular weight is 358 g/mol. The van der Waals surface area contributed by atoms with E-state index in [-0.39, 0.29) is 11.4 Å². The summed E-state index contributed by atoms with van der Waals surface area (Å²) in [7, 11) is -4.81. The number of rotatable bonds is 6. The van der Waals surface area contributed by atoms with E-state index >= 15 is 0 Å². The van der Waals surface area contributed by atoms with E-state index in [9.17, 15) is 17.0 Å². The summed E-state index contributed by atoms with van der Waals surface area (Å²) in [5.74, 6) is -0.401. The van der Waals surface area contributed by atoms with E-state index in [1.807, 2.05) is 0 Å². The molecular formula is C10H13BrFNO3S2. The Morgan fingerprint density at radius 3 is 2.67 bits per heavy atom. The lowest BCUT2D eigenvalue weighted by atomic mass is 10.3. The molecule has 1 rings (SSSR count). The van der Waals surface area contributed by atoms with Crippen molar-refractivity contribution in [3.05, 3.63) is 28.5 Å². The van der Waals surface area contributed by atoms with Crippen LogP contribution >= 0.6 is 15.9 Å². The number of halogens is 2. The lowest BCUT2D eigenvalue weighted by Gasteiger charge is -2.07. The third kappa shape index (κ3) is 4.75. The molecule has 0 aliphatic carbocycles. The van der Waals surface area contributed by atoms with Gasteiger partial charge in [0.1, 0.15) is 10.7 Å². The van der Waals surface area contributed by atoms with Gasteiger partial charge in [0.05, 0.1) is 0 Å². The van der Waals surface area contributed by atoms with E-state index in [1.165, 1.54) is 12.1 Å². The normalized spacial score (nSPS) is 13.5. The third-order valence-corrected chi connectivity index (χ3v) is 4.94. The van der Waals surface area contributed by atoms with Gasteiger partial charge in [-0.05, 0) is 24.6 Å². The number of benzene rings is 1. The molecule has 0 radical (unpaired) electrons. The van der Waals surface area contributed by atoms with E-state index < -0.39 is 26.6 Å². The van der Waals surface area contributed by atoms with Crippen LogP contribution in [0.25, 0.3) is 0 Å². The number of hydrogen-bond donors (Lipinski definition) is 1. The molecule has 0 aliphatic rings. The fraction of sp³-hybridized carbons (Fsp3) is 0.400. The summed E-state index contributed by atoms with van der Waals surface area (Å²) in [5.41, 5.74) is 0. The number of hydrogen-bond acceptors (Lipinski definition) is 3. The van der Waals surface area contributed by atoms with Crippen LogP contribution in [-0.2, 0) is 20.8 Å². The van der Waals surface area contributed by atoms with Gasteiger partial charge >= 0.3 is 0 Å². The molecule has 4 nitrogen and oxygen atoms in total. The van der Waals surface area contributed by atoms with Crippen molar-refractivity contribution in [2.24, 2.45) is 0 Å². The minimum Gasteiger partial charge on any atom is -0.260 e. The zero-order chi connectivity index (χ0) is 13.8. The zero-order valence-electron chi connectivity index (χ0n) is 9.65. The molecule has 1 N–H and O–H groups in total. The quantitative estimate of drug-likeness (QED) is 0.787. The second-order valence-corrected chi connectivity index (χ2v) is 7.81. The molecule has 8 heteroatoms. The molecule has 1 aromatic carbocycles. The van der Waals surface area contributed by atoms with Gasteiger partial charge in [0.25, 0.3) is 0 Å². The minimum atomic E-state index is -3.85. The Bertz CT molecular complexity index is 548. The van der Waals surface area contributed by atoms with Crippen molar-refractivity contribution in [1.29, 1.82) is 0 Å². The van der Waals surface area contributed by atoms with Gasteiger partial charge in [-0.3, -0.25) is 4.21 Å². The van der Waals surface area contributed by atoms with E-state index in [2.05, 4.69) is 20.7 Å². The monoisotopic (exact) mass is 357 g/mol. The Labute approximate surface area is 117 Å². The predicted octanol–water partition coefficient (Wildman–Crippen LogP) is 1.64. The topological polar surface area (TPSA) is 63.2 Å². The van der Waals surface area contributed by atoms with Crippen LogP contribution in [0.3, 0.4) is 0 Å². The van der Waals surface area contributed by atoms with Crippen LogP contribution in [0.5, 0.6) is 0 Å². The Balaban J connectivity index is 2.71. The fourth-order valence-electron chi connectivity index (χ4n) is 1.25. The molecule has 0 aromatic heterocycles. The second-order valence-electron chi connectivity index (χ2n) is 3.60. The molecule has 0 spiro atoms. The first-order valence-corrected chi connectivity index (χ1v) is 9.08. The lowest BCUT2D eigenvalue weighted by molar-refractivity contribution is 0.556. The Hall–Kier alpha value is -0.310. The van der Waals surface area contributed by atoms with Crippen molar-refractivity contribution in [3.8, 4) is 0 Å². The highest BCUT2D eigenvalue weighted by atomic mass is 79.9. The van der Waals surface area contributed by atoms with Gasteiger partial charge in [0.2, 0.25) is 10.0 Å². The van der Waals surface area contributed by atoms with E-state index in [4.69, 9.17) is 0 Å². The van der Waals surface area contributed by atoms with Crippen LogP contribution in [0.2, 0.25) is 0 Å². The predicted molar refractivity (Wildman–Crippen MR) is 72.8 cm³/mol. The molecule has 18 heavy (non-hydrogen) atoms. The Morgan fingerprint density at radius 1 is 1.44 bits per heavy atom. The standard InChI is InChI=1S/C10H13BrFNO3S2/c1-17(14)6-2-5-13-18(15,16)10-4-3-8(11)7-9(10)12/h3-4,7,13H,2,5-6H2,1H3. The molecule has 102 valence electrons. The summed E-state index contributed by atoms with van der Waals surface area (Å²) in [5, 5.41) is 0. The van der Waals surface area contributed by atoms with Crippen LogP contribution in [0.15, 0.2) is 27.6 Å². The summed E-state index contributed by atoms with van der Waals surface area (Å²) in [4.78, 5) is -0.386. The van der Waals surface area contributed by atoms with Gasteiger partial charge in [0, 0.05) is 33.8 Å². The van der Waals surface area contributed by atoms with Crippen molar-refractivity contribution >= 4 is 36.8 Å². The highest BCUT2D eigenvalue weighted by molar-refractivity contribution is 9.10. The largest absolute Gasteiger partial charge is 0.260 e. The summed E-state index contributed by atoms with van der Waals surface area (Å²) >= 11 is 3.05. The highest BCUT2D eigenvalue weighted by Gasteiger charge is 2.18. The first-order valence-electron chi connectivity index (χ1n) is 5.07. The molecule has 0 saturated carbocycles. The average Bonchev–Trinajstić information content (AvgIpc) is 2.23. The third-order valence-electron chi connectivity index (χ3n) is 2.08. The molecule has 0 amide bonds. The Morgan fingerprint density at radius 2 is 2.11 bits per heavy atom. The second kappa shape index (κ2) is 6.74. The van der Waals surface area contributed by atoms with Crippen molar-refractivity contribution in [1.82, 2.24) is 4.72 Å². The molecule has 0 bridgehead atoms. The molecule has 1 atom stereocenters. The summed E-state index contributed by atoms with van der Waals surface area (Å²) < 4.78 is 50.6. The summed E-state index contributed by atoms with van der Waals surface area (Å²) in [6.07, 6.45) is 1.99. The molecule has 0 aliphatic heterocycles. The zero-order valence-corrected chi connectivity index (χ0v) is 12.9. The van der Waals surface area contributed by atoms with E-state index in [1.54, 1.807) is 6.26 Å². The van der Waals surface area contributed by atoms with Gasteiger partial charge in [-0.15, -0.1) is 0 Å². The molecule has 1 aromatic rings. The van der Waals surface area contributed by atoms with Crippen LogP contribution in [0.1, 0.15) is 6.42 Å². The molecule has 0 saturated heterocycles. The maximum Gasteiger partial charge on any atom is 0.243 e. The van der Waals surface area contributed by atoms with Crippen molar-refractivity contribution in [2.45, 2.75) is 11.3 Å². The molecule has 1 unspecified atom stereocenters. The Kier molecular flexibility index (Phi) is 5.90. The number of sulfonamides is 1. The molecular weight excluding hydrogens is 345 g/mol. The highest BCUT2D eigenvalue weighted by Crippen LogP contribution is 2.19. The van der Waals surface area contributed by atoms with Crippen LogP contribution in [-0.4, -0.2) is 31.2 Å². The fourth-order valence-corrected chi connectivity index (χ4v) is 3.27. The minimum absolute atomic E-state index is 0.136. The van der Waals surface area contributed by atoms with Crippen molar-refractivity contribution in [3.63, 3.8) is 0 Å². The van der Waals surface area contributed by atoms with Gasteiger partial charge in [-0.2, -0.15) is 0 Å². The van der Waals surface area contributed by atoms with Gasteiger partial charge < -0.3 is 0 Å². The lowest BCUT2D eigenvalue weighted by Crippen LogP contribution is -2.26. The van der Waals surface area contributed by atoms with Crippen LogP contribution < -0.4 is 4.72 Å². The van der Waals surface area contributed by atoms with E-state index in [0.717, 1.165) is 6.07 Å². The van der Waals surface area contributed by atoms with Crippen LogP contribution in [0, 0.1) is 5.82 Å². The van der Waals surface area contributed by atoms with Gasteiger partial charge in [0.15, 0.2) is 0 Å². The molecule has 0 heterocycles. The van der Waals surface area contributed by atoms with Gasteiger partial charge in [-0.25, -0.2) is 17.5 Å². The summed E-state index contributed by atoms with van der Waals surface area (Å²) in [6.45, 7) is 0.136. The maximum absolute atomic E-state index is 13.5. The van der Waals surface area contributed by atoms with Gasteiger partial charge in [-0.1, -0.05) is 15.9 Å². The van der Waals surface area contributed by atoms with Crippen molar-refractivity contribution in [2.75, 3.05) is 18.6 Å². The van der Waals surface area contributed by atoms with Crippen molar-refractivity contribution < 1.29 is 17.0 Å². The number of nitrogens with one attached hydrogen (secondary N) is 1. The van der Waals surface area contributed by atoms with E-state index in [0.29, 0.717) is 16.6 Å². The molecule has 0 fully saturated rings. The first-order chi connectivity index (χ1) is 8.33. The summed E-state index contributed by atoms with van der Waals surface area (Å²) in [6, 6.07) is 3.74. The first kappa shape index (κ1) is 15.7.